The molecule has 6 heteroatoms. The second-order valence-electron chi connectivity index (χ2n) is 6.37. The number of nitrogens with zero attached hydrogens (tertiary/aromatic N) is 6. The largest absolute Gasteiger partial charge is 0.317 e. The van der Waals surface area contributed by atoms with Crippen molar-refractivity contribution < 1.29 is 0 Å². The SMILES string of the molecule is CCCn1cnnc1C1CCCN(Cc2cn(C)nc2C)C1. The van der Waals surface area contributed by atoms with Crippen LogP contribution >= 0.6 is 0 Å². The Bertz CT molecular complexity index is 614. The molecule has 2 aromatic heterocycles. The number of aryl methyl sites for hydroxylation is 3. The topological polar surface area (TPSA) is 51.8 Å². The van der Waals surface area contributed by atoms with Crippen molar-refractivity contribution in [2.24, 2.45) is 7.05 Å². The van der Waals surface area contributed by atoms with Gasteiger partial charge in [0.2, 0.25) is 0 Å². The van der Waals surface area contributed by atoms with Crippen molar-refractivity contribution in [1.82, 2.24) is 29.4 Å². The standard InChI is InChI=1S/C16H26N6/c1-4-7-22-12-17-18-16(22)14-6-5-8-21(10-14)11-15-9-20(3)19-13(15)2/h9,12,14H,4-8,10-11H2,1-3H3. The van der Waals surface area contributed by atoms with Crippen LogP contribution in [0.15, 0.2) is 12.5 Å². The van der Waals surface area contributed by atoms with Crippen LogP contribution in [-0.2, 0) is 20.1 Å². The van der Waals surface area contributed by atoms with Crippen molar-refractivity contribution in [3.8, 4) is 0 Å². The normalized spacial score (nSPS) is 19.7. The third-order valence-corrected chi connectivity index (χ3v) is 4.49. The molecule has 3 heterocycles. The van der Waals surface area contributed by atoms with Crippen molar-refractivity contribution >= 4 is 0 Å². The first kappa shape index (κ1) is 15.2. The van der Waals surface area contributed by atoms with Crippen LogP contribution < -0.4 is 0 Å². The Labute approximate surface area is 132 Å². The number of likely N-dealkylation sites (tertiary alicyclic amines) is 1. The number of piperidine rings is 1. The summed E-state index contributed by atoms with van der Waals surface area (Å²) in [4.78, 5) is 2.53. The molecule has 0 aliphatic carbocycles. The molecule has 1 atom stereocenters. The van der Waals surface area contributed by atoms with E-state index in [1.54, 1.807) is 0 Å². The molecule has 2 aromatic rings. The van der Waals surface area contributed by atoms with E-state index in [0.29, 0.717) is 5.92 Å². The van der Waals surface area contributed by atoms with Crippen LogP contribution in [0.5, 0.6) is 0 Å². The molecule has 1 aliphatic heterocycles. The van der Waals surface area contributed by atoms with E-state index in [4.69, 9.17) is 0 Å². The number of aromatic nitrogens is 5. The van der Waals surface area contributed by atoms with Crippen LogP contribution in [0.1, 0.15) is 49.2 Å². The summed E-state index contributed by atoms with van der Waals surface area (Å²) in [5.74, 6) is 1.66. The number of hydrogen-bond donors (Lipinski definition) is 0. The molecule has 6 nitrogen and oxygen atoms in total. The summed E-state index contributed by atoms with van der Waals surface area (Å²) >= 11 is 0. The van der Waals surface area contributed by atoms with Crippen LogP contribution in [0.3, 0.4) is 0 Å². The highest BCUT2D eigenvalue weighted by atomic mass is 15.3. The van der Waals surface area contributed by atoms with Gasteiger partial charge in [-0.25, -0.2) is 0 Å². The minimum atomic E-state index is 0.500. The van der Waals surface area contributed by atoms with E-state index in [9.17, 15) is 0 Å². The molecule has 0 N–H and O–H groups in total. The minimum Gasteiger partial charge on any atom is -0.317 e. The lowest BCUT2D eigenvalue weighted by molar-refractivity contribution is 0.194. The molecule has 1 saturated heterocycles. The van der Waals surface area contributed by atoms with Gasteiger partial charge in [-0.05, 0) is 32.7 Å². The summed E-state index contributed by atoms with van der Waals surface area (Å²) in [5, 5.41) is 13.0. The Balaban J connectivity index is 1.68. The Morgan fingerprint density at radius 1 is 1.36 bits per heavy atom. The molecule has 0 aromatic carbocycles. The van der Waals surface area contributed by atoms with Gasteiger partial charge in [0.1, 0.15) is 12.2 Å². The van der Waals surface area contributed by atoms with Gasteiger partial charge in [-0.2, -0.15) is 5.10 Å². The van der Waals surface area contributed by atoms with Gasteiger partial charge in [0.15, 0.2) is 0 Å². The molecule has 120 valence electrons. The highest BCUT2D eigenvalue weighted by molar-refractivity contribution is 5.15. The van der Waals surface area contributed by atoms with E-state index in [-0.39, 0.29) is 0 Å². The smallest absolute Gasteiger partial charge is 0.137 e. The lowest BCUT2D eigenvalue weighted by atomic mass is 9.96. The van der Waals surface area contributed by atoms with Gasteiger partial charge in [-0.1, -0.05) is 6.92 Å². The van der Waals surface area contributed by atoms with E-state index < -0.39 is 0 Å². The summed E-state index contributed by atoms with van der Waals surface area (Å²) in [6.07, 6.45) is 7.58. The molecule has 0 spiro atoms. The molecule has 0 radical (unpaired) electrons. The molecule has 0 saturated carbocycles. The molecule has 1 fully saturated rings. The first-order valence-corrected chi connectivity index (χ1v) is 8.26. The molecule has 0 bridgehead atoms. The first-order chi connectivity index (χ1) is 10.7. The molecule has 22 heavy (non-hydrogen) atoms. The molecular weight excluding hydrogens is 276 g/mol. The monoisotopic (exact) mass is 302 g/mol. The first-order valence-electron chi connectivity index (χ1n) is 8.26. The lowest BCUT2D eigenvalue weighted by Gasteiger charge is -2.32. The fraction of sp³-hybridized carbons (Fsp3) is 0.688. The third-order valence-electron chi connectivity index (χ3n) is 4.49. The minimum absolute atomic E-state index is 0.500. The fourth-order valence-corrected chi connectivity index (χ4v) is 3.45. The zero-order valence-corrected chi connectivity index (χ0v) is 13.9. The van der Waals surface area contributed by atoms with Gasteiger partial charge in [-0.3, -0.25) is 9.58 Å². The van der Waals surface area contributed by atoms with Crippen molar-refractivity contribution in [3.05, 3.63) is 29.6 Å². The van der Waals surface area contributed by atoms with Gasteiger partial charge in [0, 0.05) is 44.4 Å². The maximum absolute atomic E-state index is 4.45. The average molecular weight is 302 g/mol. The van der Waals surface area contributed by atoms with Gasteiger partial charge < -0.3 is 4.57 Å². The molecule has 1 aliphatic rings. The lowest BCUT2D eigenvalue weighted by Crippen LogP contribution is -2.35. The van der Waals surface area contributed by atoms with E-state index in [1.807, 2.05) is 18.1 Å². The van der Waals surface area contributed by atoms with E-state index >= 15 is 0 Å². The summed E-state index contributed by atoms with van der Waals surface area (Å²) in [5.41, 5.74) is 2.47. The Kier molecular flexibility index (Phi) is 4.57. The zero-order chi connectivity index (χ0) is 15.5. The quantitative estimate of drug-likeness (QED) is 0.849. The van der Waals surface area contributed by atoms with E-state index in [1.165, 1.54) is 18.4 Å². The summed E-state index contributed by atoms with van der Waals surface area (Å²) in [6.45, 7) is 8.51. The van der Waals surface area contributed by atoms with Crippen LogP contribution in [0, 0.1) is 6.92 Å². The zero-order valence-electron chi connectivity index (χ0n) is 13.9. The summed E-state index contributed by atoms with van der Waals surface area (Å²) in [6, 6.07) is 0. The van der Waals surface area contributed by atoms with Crippen LogP contribution in [0.4, 0.5) is 0 Å². The predicted octanol–water partition coefficient (Wildman–Crippen LogP) is 2.11. The van der Waals surface area contributed by atoms with Gasteiger partial charge in [0.25, 0.3) is 0 Å². The number of hydrogen-bond acceptors (Lipinski definition) is 4. The van der Waals surface area contributed by atoms with Crippen molar-refractivity contribution in [2.45, 2.75) is 52.1 Å². The van der Waals surface area contributed by atoms with E-state index in [0.717, 1.165) is 44.1 Å². The molecule has 1 unspecified atom stereocenters. The maximum Gasteiger partial charge on any atom is 0.137 e. The highest BCUT2D eigenvalue weighted by Crippen LogP contribution is 2.26. The Morgan fingerprint density at radius 2 is 2.23 bits per heavy atom. The highest BCUT2D eigenvalue weighted by Gasteiger charge is 2.25. The summed E-state index contributed by atoms with van der Waals surface area (Å²) in [7, 11) is 1.99. The van der Waals surface area contributed by atoms with Crippen molar-refractivity contribution in [2.75, 3.05) is 13.1 Å². The van der Waals surface area contributed by atoms with Gasteiger partial charge in [-0.15, -0.1) is 10.2 Å². The van der Waals surface area contributed by atoms with Crippen molar-refractivity contribution in [3.63, 3.8) is 0 Å². The van der Waals surface area contributed by atoms with E-state index in [2.05, 4.69) is 44.8 Å². The Hall–Kier alpha value is -1.69. The van der Waals surface area contributed by atoms with Crippen LogP contribution in [0.25, 0.3) is 0 Å². The third kappa shape index (κ3) is 3.21. The van der Waals surface area contributed by atoms with Gasteiger partial charge in [0.05, 0.1) is 5.69 Å². The fourth-order valence-electron chi connectivity index (χ4n) is 3.45. The second kappa shape index (κ2) is 6.60. The number of rotatable bonds is 5. The van der Waals surface area contributed by atoms with Crippen LogP contribution in [-0.4, -0.2) is 42.5 Å². The van der Waals surface area contributed by atoms with Crippen LogP contribution in [0.2, 0.25) is 0 Å². The maximum atomic E-state index is 4.45. The molecular formula is C16H26N6. The predicted molar refractivity (Wildman–Crippen MR) is 85.5 cm³/mol. The second-order valence-corrected chi connectivity index (χ2v) is 6.37. The summed E-state index contributed by atoms with van der Waals surface area (Å²) < 4.78 is 4.13. The van der Waals surface area contributed by atoms with Gasteiger partial charge >= 0.3 is 0 Å². The molecule has 3 rings (SSSR count). The Morgan fingerprint density at radius 3 is 2.95 bits per heavy atom. The molecule has 0 amide bonds. The average Bonchev–Trinajstić information content (AvgIpc) is 3.07. The van der Waals surface area contributed by atoms with Crippen molar-refractivity contribution in [1.29, 1.82) is 0 Å².